The molecule has 23 heavy (non-hydrogen) atoms. The van der Waals surface area contributed by atoms with Crippen molar-refractivity contribution in [2.45, 2.75) is 6.54 Å². The topological polar surface area (TPSA) is 84.0 Å². The highest BCUT2D eigenvalue weighted by Crippen LogP contribution is 2.27. The van der Waals surface area contributed by atoms with Crippen LogP contribution in [0.25, 0.3) is 11.5 Å². The van der Waals surface area contributed by atoms with Crippen LogP contribution in [0, 0.1) is 11.3 Å². The number of anilines is 1. The van der Waals surface area contributed by atoms with E-state index >= 15 is 0 Å². The minimum Gasteiger partial charge on any atom is -0.497 e. The maximum atomic E-state index is 9.22. The van der Waals surface area contributed by atoms with Crippen molar-refractivity contribution < 1.29 is 9.15 Å². The third kappa shape index (κ3) is 3.30. The lowest BCUT2D eigenvalue weighted by atomic mass is 10.2. The quantitative estimate of drug-likeness (QED) is 0.779. The molecule has 1 N–H and O–H groups in total. The highest BCUT2D eigenvalue weighted by molar-refractivity contribution is 5.59. The summed E-state index contributed by atoms with van der Waals surface area (Å²) >= 11 is 0. The fourth-order valence-electron chi connectivity index (χ4n) is 2.06. The molecule has 0 aliphatic rings. The van der Waals surface area contributed by atoms with Crippen molar-refractivity contribution in [2.24, 2.45) is 0 Å². The SMILES string of the molecule is COc1ccc(-c2nc(C#N)c(NCc3ccncc3)o2)cc1. The van der Waals surface area contributed by atoms with Gasteiger partial charge in [0.1, 0.15) is 11.8 Å². The van der Waals surface area contributed by atoms with E-state index < -0.39 is 0 Å². The van der Waals surface area contributed by atoms with Gasteiger partial charge in [-0.2, -0.15) is 10.2 Å². The molecule has 0 spiro atoms. The van der Waals surface area contributed by atoms with E-state index in [1.54, 1.807) is 19.5 Å². The van der Waals surface area contributed by atoms with Crippen molar-refractivity contribution in [2.75, 3.05) is 12.4 Å². The number of methoxy groups -OCH3 is 1. The van der Waals surface area contributed by atoms with Gasteiger partial charge in [-0.25, -0.2) is 0 Å². The predicted molar refractivity (Wildman–Crippen MR) is 84.8 cm³/mol. The molecular weight excluding hydrogens is 292 g/mol. The molecule has 0 saturated heterocycles. The Morgan fingerprint density at radius 1 is 1.17 bits per heavy atom. The number of nitriles is 1. The first-order valence-corrected chi connectivity index (χ1v) is 6.98. The van der Waals surface area contributed by atoms with Gasteiger partial charge in [0.05, 0.1) is 7.11 Å². The summed E-state index contributed by atoms with van der Waals surface area (Å²) in [6.07, 6.45) is 3.43. The summed E-state index contributed by atoms with van der Waals surface area (Å²) in [5.74, 6) is 1.49. The van der Waals surface area contributed by atoms with Crippen LogP contribution in [0.15, 0.2) is 53.2 Å². The van der Waals surface area contributed by atoms with E-state index in [-0.39, 0.29) is 5.69 Å². The van der Waals surface area contributed by atoms with Crippen LogP contribution in [0.3, 0.4) is 0 Å². The molecule has 6 nitrogen and oxygen atoms in total. The van der Waals surface area contributed by atoms with Gasteiger partial charge in [-0.1, -0.05) is 0 Å². The zero-order valence-electron chi connectivity index (χ0n) is 12.5. The molecule has 0 bridgehead atoms. The molecule has 0 aliphatic heterocycles. The molecule has 2 aromatic heterocycles. The maximum Gasteiger partial charge on any atom is 0.232 e. The lowest BCUT2D eigenvalue weighted by molar-refractivity contribution is 0.415. The van der Waals surface area contributed by atoms with Gasteiger partial charge >= 0.3 is 0 Å². The lowest BCUT2D eigenvalue weighted by Gasteiger charge is -2.02. The van der Waals surface area contributed by atoms with Crippen LogP contribution in [-0.2, 0) is 6.54 Å². The van der Waals surface area contributed by atoms with Crippen LogP contribution in [-0.4, -0.2) is 17.1 Å². The van der Waals surface area contributed by atoms with Crippen LogP contribution >= 0.6 is 0 Å². The molecule has 2 heterocycles. The Bertz CT molecular complexity index is 820. The van der Waals surface area contributed by atoms with Crippen molar-refractivity contribution >= 4 is 5.88 Å². The van der Waals surface area contributed by atoms with Crippen molar-refractivity contribution in [3.05, 3.63) is 60.0 Å². The highest BCUT2D eigenvalue weighted by Gasteiger charge is 2.14. The molecule has 0 atom stereocenters. The molecule has 0 fully saturated rings. The molecule has 0 radical (unpaired) electrons. The molecule has 0 amide bonds. The van der Waals surface area contributed by atoms with Crippen molar-refractivity contribution in [3.8, 4) is 23.3 Å². The maximum absolute atomic E-state index is 9.22. The van der Waals surface area contributed by atoms with Gasteiger partial charge in [-0.05, 0) is 42.0 Å². The number of nitrogens with zero attached hydrogens (tertiary/aromatic N) is 3. The van der Waals surface area contributed by atoms with E-state index in [0.717, 1.165) is 16.9 Å². The van der Waals surface area contributed by atoms with E-state index in [4.69, 9.17) is 9.15 Å². The van der Waals surface area contributed by atoms with E-state index in [1.807, 2.05) is 42.5 Å². The lowest BCUT2D eigenvalue weighted by Crippen LogP contribution is -1.99. The minimum absolute atomic E-state index is 0.227. The summed E-state index contributed by atoms with van der Waals surface area (Å²) < 4.78 is 10.8. The van der Waals surface area contributed by atoms with Crippen LogP contribution in [0.5, 0.6) is 5.75 Å². The molecule has 1 aromatic carbocycles. The summed E-state index contributed by atoms with van der Waals surface area (Å²) in [5, 5.41) is 12.3. The Hall–Kier alpha value is -3.33. The Balaban J connectivity index is 1.81. The monoisotopic (exact) mass is 306 g/mol. The van der Waals surface area contributed by atoms with E-state index in [1.165, 1.54) is 0 Å². The van der Waals surface area contributed by atoms with Crippen LogP contribution < -0.4 is 10.1 Å². The molecule has 114 valence electrons. The van der Waals surface area contributed by atoms with E-state index in [9.17, 15) is 5.26 Å². The number of hydrogen-bond donors (Lipinski definition) is 1. The van der Waals surface area contributed by atoms with Crippen LogP contribution in [0.4, 0.5) is 5.88 Å². The number of nitrogens with one attached hydrogen (secondary N) is 1. The fraction of sp³-hybridized carbons (Fsp3) is 0.118. The second kappa shape index (κ2) is 6.62. The smallest absolute Gasteiger partial charge is 0.232 e. The van der Waals surface area contributed by atoms with Gasteiger partial charge in [-0.15, -0.1) is 0 Å². The zero-order valence-corrected chi connectivity index (χ0v) is 12.5. The van der Waals surface area contributed by atoms with Crippen molar-refractivity contribution in [3.63, 3.8) is 0 Å². The largest absolute Gasteiger partial charge is 0.497 e. The normalized spacial score (nSPS) is 10.1. The standard InChI is InChI=1S/C17H14N4O2/c1-22-14-4-2-13(3-5-14)16-21-15(10-18)17(23-16)20-11-12-6-8-19-9-7-12/h2-9,20H,11H2,1H3. The third-order valence-electron chi connectivity index (χ3n) is 3.27. The number of hydrogen-bond acceptors (Lipinski definition) is 6. The molecule has 0 aliphatic carbocycles. The van der Waals surface area contributed by atoms with Gasteiger partial charge in [0.2, 0.25) is 17.5 Å². The summed E-state index contributed by atoms with van der Waals surface area (Å²) in [4.78, 5) is 8.19. The number of benzene rings is 1. The van der Waals surface area contributed by atoms with Crippen molar-refractivity contribution in [1.82, 2.24) is 9.97 Å². The Kier molecular flexibility index (Phi) is 4.20. The molecule has 0 unspecified atom stereocenters. The zero-order chi connectivity index (χ0) is 16.1. The molecular formula is C17H14N4O2. The van der Waals surface area contributed by atoms with Gasteiger partial charge < -0.3 is 14.5 Å². The first-order valence-electron chi connectivity index (χ1n) is 6.98. The first-order chi connectivity index (χ1) is 11.3. The number of ether oxygens (including phenoxy) is 1. The van der Waals surface area contributed by atoms with Gasteiger partial charge in [0.15, 0.2) is 0 Å². The van der Waals surface area contributed by atoms with Gasteiger partial charge in [-0.3, -0.25) is 4.98 Å². The predicted octanol–water partition coefficient (Wildman–Crippen LogP) is 3.23. The summed E-state index contributed by atoms with van der Waals surface area (Å²) in [6.45, 7) is 0.522. The van der Waals surface area contributed by atoms with Crippen molar-refractivity contribution in [1.29, 1.82) is 5.26 Å². The van der Waals surface area contributed by atoms with E-state index in [2.05, 4.69) is 15.3 Å². The highest BCUT2D eigenvalue weighted by atomic mass is 16.5. The minimum atomic E-state index is 0.227. The third-order valence-corrected chi connectivity index (χ3v) is 3.27. The average Bonchev–Trinajstić information content (AvgIpc) is 3.04. The molecule has 0 saturated carbocycles. The number of rotatable bonds is 5. The molecule has 6 heteroatoms. The van der Waals surface area contributed by atoms with Crippen LogP contribution in [0.1, 0.15) is 11.3 Å². The Labute approximate surface area is 133 Å². The second-order valence-corrected chi connectivity index (χ2v) is 4.75. The molecule has 3 aromatic rings. The summed E-state index contributed by atoms with van der Waals surface area (Å²) in [6, 6.07) is 13.1. The first kappa shape index (κ1) is 14.6. The van der Waals surface area contributed by atoms with Gasteiger partial charge in [0.25, 0.3) is 0 Å². The average molecular weight is 306 g/mol. The number of pyridine rings is 1. The second-order valence-electron chi connectivity index (χ2n) is 4.75. The summed E-state index contributed by atoms with van der Waals surface area (Å²) in [5.41, 5.74) is 2.04. The number of aromatic nitrogens is 2. The fourth-order valence-corrected chi connectivity index (χ4v) is 2.06. The Morgan fingerprint density at radius 3 is 2.57 bits per heavy atom. The summed E-state index contributed by atoms with van der Waals surface area (Å²) in [7, 11) is 1.61. The number of oxazole rings is 1. The van der Waals surface area contributed by atoms with E-state index in [0.29, 0.717) is 18.3 Å². The molecule has 3 rings (SSSR count). The van der Waals surface area contributed by atoms with Crippen LogP contribution in [0.2, 0.25) is 0 Å². The van der Waals surface area contributed by atoms with Gasteiger partial charge in [0, 0.05) is 24.5 Å². The Morgan fingerprint density at radius 2 is 1.91 bits per heavy atom.